The van der Waals surface area contributed by atoms with Crippen molar-refractivity contribution in [2.75, 3.05) is 11.5 Å². The molecule has 0 fully saturated rings. The van der Waals surface area contributed by atoms with Crippen molar-refractivity contribution in [3.8, 4) is 0 Å². The van der Waals surface area contributed by atoms with Gasteiger partial charge in [-0.3, -0.25) is 4.90 Å². The average molecular weight is 303 g/mol. The van der Waals surface area contributed by atoms with Gasteiger partial charge in [-0.2, -0.15) is 0 Å². The van der Waals surface area contributed by atoms with Crippen LogP contribution in [0.5, 0.6) is 0 Å². The van der Waals surface area contributed by atoms with E-state index in [4.69, 9.17) is 11.6 Å². The van der Waals surface area contributed by atoms with Crippen LogP contribution in [0.3, 0.4) is 0 Å². The number of aromatic nitrogens is 1. The number of halogens is 1. The minimum Gasteiger partial charge on any atom is -0.396 e. The highest BCUT2D eigenvalue weighted by molar-refractivity contribution is 6.30. The van der Waals surface area contributed by atoms with Gasteiger partial charge in [-0.1, -0.05) is 17.7 Å². The number of rotatable bonds is 3. The number of hydrogen-bond donors (Lipinski definition) is 2. The first-order chi connectivity index (χ1) is 10.2. The Hall–Kier alpha value is -1.88. The van der Waals surface area contributed by atoms with Crippen LogP contribution >= 0.6 is 11.6 Å². The number of pyridine rings is 1. The SMILES string of the molecule is OCCC1=Cc2cccnc2N(c2cccc(Cl)c2)C1O. The van der Waals surface area contributed by atoms with Crippen LogP contribution in [0.1, 0.15) is 12.0 Å². The topological polar surface area (TPSA) is 56.6 Å². The van der Waals surface area contributed by atoms with Gasteiger partial charge in [0.05, 0.1) is 0 Å². The fourth-order valence-electron chi connectivity index (χ4n) is 2.50. The molecule has 0 saturated heterocycles. The molecule has 1 aromatic heterocycles. The third kappa shape index (κ3) is 2.65. The number of benzene rings is 1. The van der Waals surface area contributed by atoms with Gasteiger partial charge in [-0.25, -0.2) is 4.98 Å². The summed E-state index contributed by atoms with van der Waals surface area (Å²) in [4.78, 5) is 6.10. The highest BCUT2D eigenvalue weighted by Gasteiger charge is 2.28. The lowest BCUT2D eigenvalue weighted by Gasteiger charge is -2.35. The monoisotopic (exact) mass is 302 g/mol. The lowest BCUT2D eigenvalue weighted by Crippen LogP contribution is -2.36. The van der Waals surface area contributed by atoms with Gasteiger partial charge in [0.2, 0.25) is 0 Å². The predicted octanol–water partition coefficient (Wildman–Crippen LogP) is 2.97. The lowest BCUT2D eigenvalue weighted by molar-refractivity contribution is 0.202. The van der Waals surface area contributed by atoms with E-state index in [2.05, 4.69) is 4.98 Å². The van der Waals surface area contributed by atoms with Crippen molar-refractivity contribution in [1.29, 1.82) is 0 Å². The Bertz CT molecular complexity index is 687. The third-order valence-electron chi connectivity index (χ3n) is 3.45. The Morgan fingerprint density at radius 3 is 2.86 bits per heavy atom. The predicted molar refractivity (Wildman–Crippen MR) is 83.5 cm³/mol. The maximum absolute atomic E-state index is 10.6. The van der Waals surface area contributed by atoms with Gasteiger partial charge in [-0.05, 0) is 48.4 Å². The molecule has 1 aliphatic heterocycles. The number of fused-ring (bicyclic) bond motifs is 1. The zero-order valence-electron chi connectivity index (χ0n) is 11.3. The van der Waals surface area contributed by atoms with Crippen molar-refractivity contribution < 1.29 is 10.2 Å². The number of aliphatic hydroxyl groups excluding tert-OH is 2. The average Bonchev–Trinajstić information content (AvgIpc) is 2.48. The van der Waals surface area contributed by atoms with Crippen LogP contribution in [-0.4, -0.2) is 28.0 Å². The number of anilines is 2. The Labute approximate surface area is 127 Å². The molecular formula is C16H15ClN2O2. The summed E-state index contributed by atoms with van der Waals surface area (Å²) >= 11 is 6.05. The molecule has 2 heterocycles. The van der Waals surface area contributed by atoms with Gasteiger partial charge in [0.15, 0.2) is 6.23 Å². The second-order valence-corrected chi connectivity index (χ2v) is 5.27. The van der Waals surface area contributed by atoms with Crippen LogP contribution < -0.4 is 4.90 Å². The van der Waals surface area contributed by atoms with Crippen LogP contribution in [-0.2, 0) is 0 Å². The molecule has 0 saturated carbocycles. The van der Waals surface area contributed by atoms with Crippen LogP contribution in [0.2, 0.25) is 5.02 Å². The van der Waals surface area contributed by atoms with Crippen molar-refractivity contribution in [3.63, 3.8) is 0 Å². The van der Waals surface area contributed by atoms with Crippen molar-refractivity contribution in [2.45, 2.75) is 12.6 Å². The Kier molecular flexibility index (Phi) is 3.92. The molecule has 0 spiro atoms. The van der Waals surface area contributed by atoms with Gasteiger partial charge in [-0.15, -0.1) is 0 Å². The number of nitrogens with zero attached hydrogens (tertiary/aromatic N) is 2. The van der Waals surface area contributed by atoms with Crippen molar-refractivity contribution in [1.82, 2.24) is 4.98 Å². The van der Waals surface area contributed by atoms with E-state index >= 15 is 0 Å². The molecule has 1 aromatic carbocycles. The fourth-order valence-corrected chi connectivity index (χ4v) is 2.68. The van der Waals surface area contributed by atoms with Gasteiger partial charge in [0, 0.05) is 29.1 Å². The van der Waals surface area contributed by atoms with E-state index < -0.39 is 6.23 Å². The van der Waals surface area contributed by atoms with Crippen LogP contribution in [0.15, 0.2) is 48.2 Å². The zero-order valence-corrected chi connectivity index (χ0v) is 12.0. The lowest BCUT2D eigenvalue weighted by atomic mass is 10.0. The number of aliphatic hydroxyl groups is 2. The minimum absolute atomic E-state index is 0.0120. The molecule has 21 heavy (non-hydrogen) atoms. The molecule has 1 aliphatic rings. The van der Waals surface area contributed by atoms with Gasteiger partial charge >= 0.3 is 0 Å². The van der Waals surface area contributed by atoms with Crippen LogP contribution in [0.25, 0.3) is 6.08 Å². The largest absolute Gasteiger partial charge is 0.396 e. The first-order valence-corrected chi connectivity index (χ1v) is 7.07. The molecule has 2 aromatic rings. The summed E-state index contributed by atoms with van der Waals surface area (Å²) in [6, 6.07) is 11.0. The molecule has 108 valence electrons. The molecular weight excluding hydrogens is 288 g/mol. The minimum atomic E-state index is -0.863. The third-order valence-corrected chi connectivity index (χ3v) is 3.68. The summed E-state index contributed by atoms with van der Waals surface area (Å²) in [6.45, 7) is -0.0120. The molecule has 2 N–H and O–H groups in total. The fraction of sp³-hybridized carbons (Fsp3) is 0.188. The van der Waals surface area contributed by atoms with E-state index in [0.29, 0.717) is 17.3 Å². The smallest absolute Gasteiger partial charge is 0.155 e. The van der Waals surface area contributed by atoms with Gasteiger partial charge < -0.3 is 10.2 Å². The second-order valence-electron chi connectivity index (χ2n) is 4.83. The van der Waals surface area contributed by atoms with Crippen molar-refractivity contribution >= 4 is 29.2 Å². The van der Waals surface area contributed by atoms with Gasteiger partial charge in [0.25, 0.3) is 0 Å². The normalized spacial score (nSPS) is 17.4. The maximum Gasteiger partial charge on any atom is 0.155 e. The molecule has 0 aliphatic carbocycles. The molecule has 3 rings (SSSR count). The molecule has 1 atom stereocenters. The van der Waals surface area contributed by atoms with E-state index in [9.17, 15) is 10.2 Å². The summed E-state index contributed by atoms with van der Waals surface area (Å²) in [7, 11) is 0. The van der Waals surface area contributed by atoms with Gasteiger partial charge in [0.1, 0.15) is 5.82 Å². The molecule has 5 heteroatoms. The number of hydrogen-bond acceptors (Lipinski definition) is 4. The van der Waals surface area contributed by atoms with Crippen LogP contribution in [0.4, 0.5) is 11.5 Å². The highest BCUT2D eigenvalue weighted by Crippen LogP contribution is 2.37. The van der Waals surface area contributed by atoms with Crippen molar-refractivity contribution in [3.05, 3.63) is 58.8 Å². The molecule has 0 radical (unpaired) electrons. The first-order valence-electron chi connectivity index (χ1n) is 6.70. The quantitative estimate of drug-likeness (QED) is 0.915. The molecule has 0 bridgehead atoms. The van der Waals surface area contributed by atoms with E-state index in [1.54, 1.807) is 23.2 Å². The zero-order chi connectivity index (χ0) is 14.8. The van der Waals surface area contributed by atoms with E-state index in [-0.39, 0.29) is 6.61 Å². The van der Waals surface area contributed by atoms with E-state index in [0.717, 1.165) is 16.8 Å². The summed E-state index contributed by atoms with van der Waals surface area (Å²) in [6.07, 6.45) is 3.11. The Morgan fingerprint density at radius 2 is 2.10 bits per heavy atom. The summed E-state index contributed by atoms with van der Waals surface area (Å²) < 4.78 is 0. The van der Waals surface area contributed by atoms with Crippen molar-refractivity contribution in [2.24, 2.45) is 0 Å². The highest BCUT2D eigenvalue weighted by atomic mass is 35.5. The summed E-state index contributed by atoms with van der Waals surface area (Å²) in [5.41, 5.74) is 2.42. The molecule has 4 nitrogen and oxygen atoms in total. The standard InChI is InChI=1S/C16H15ClN2O2/c17-13-4-1-5-14(10-13)19-15-11(3-2-7-18-15)9-12(6-8-20)16(19)21/h1-5,7,9-10,16,20-21H,6,8H2. The van der Waals surface area contributed by atoms with E-state index in [1.165, 1.54) is 0 Å². The Balaban J connectivity index is 2.13. The van der Waals surface area contributed by atoms with E-state index in [1.807, 2.05) is 30.3 Å². The Morgan fingerprint density at radius 1 is 1.24 bits per heavy atom. The summed E-state index contributed by atoms with van der Waals surface area (Å²) in [5, 5.41) is 20.4. The molecule has 1 unspecified atom stereocenters. The van der Waals surface area contributed by atoms with Crippen LogP contribution in [0, 0.1) is 0 Å². The summed E-state index contributed by atoms with van der Waals surface area (Å²) in [5.74, 6) is 0.675. The second kappa shape index (κ2) is 5.85. The molecule has 0 amide bonds. The first kappa shape index (κ1) is 14.1. The maximum atomic E-state index is 10.6.